The Kier molecular flexibility index (Phi) is 4.17. The van der Waals surface area contributed by atoms with E-state index in [1.165, 1.54) is 12.8 Å². The van der Waals surface area contributed by atoms with Crippen molar-refractivity contribution in [2.45, 2.75) is 12.8 Å². The fourth-order valence-electron chi connectivity index (χ4n) is 2.82. The maximum atomic E-state index is 12.4. The van der Waals surface area contributed by atoms with Crippen molar-refractivity contribution in [3.05, 3.63) is 60.4 Å². The van der Waals surface area contributed by atoms with Crippen LogP contribution in [0.1, 0.15) is 23.2 Å². The first kappa shape index (κ1) is 15.1. The third-order valence-corrected chi connectivity index (χ3v) is 5.31. The van der Waals surface area contributed by atoms with Gasteiger partial charge in [0.05, 0.1) is 6.26 Å². The zero-order chi connectivity index (χ0) is 16.4. The highest BCUT2D eigenvalue weighted by molar-refractivity contribution is 8.00. The van der Waals surface area contributed by atoms with E-state index in [1.807, 2.05) is 60.5 Å². The molecule has 4 rings (SSSR count). The van der Waals surface area contributed by atoms with Crippen molar-refractivity contribution in [3.63, 3.8) is 0 Å². The average molecular weight is 338 g/mol. The van der Waals surface area contributed by atoms with E-state index in [-0.39, 0.29) is 5.91 Å². The van der Waals surface area contributed by atoms with Crippen LogP contribution < -0.4 is 9.62 Å². The molecule has 1 amide bonds. The second-order valence-electron chi connectivity index (χ2n) is 5.82. The van der Waals surface area contributed by atoms with Crippen molar-refractivity contribution in [2.75, 3.05) is 21.9 Å². The van der Waals surface area contributed by atoms with Crippen LogP contribution in [0.3, 0.4) is 0 Å². The van der Waals surface area contributed by atoms with Gasteiger partial charge in [-0.2, -0.15) is 0 Å². The van der Waals surface area contributed by atoms with E-state index in [0.717, 1.165) is 34.6 Å². The van der Waals surface area contributed by atoms with Crippen LogP contribution in [0.5, 0.6) is 0 Å². The highest BCUT2D eigenvalue weighted by Gasteiger charge is 2.13. The van der Waals surface area contributed by atoms with Gasteiger partial charge < -0.3 is 14.0 Å². The normalized spacial score (nSPS) is 14.8. The van der Waals surface area contributed by atoms with E-state index in [0.29, 0.717) is 5.56 Å². The van der Waals surface area contributed by atoms with Crippen molar-refractivity contribution in [1.29, 1.82) is 0 Å². The number of anilines is 2. The average Bonchev–Trinajstić information content (AvgIpc) is 3.10. The molecule has 0 radical (unpaired) electrons. The van der Waals surface area contributed by atoms with Crippen molar-refractivity contribution < 1.29 is 9.21 Å². The maximum absolute atomic E-state index is 12.4. The Morgan fingerprint density at radius 2 is 1.96 bits per heavy atom. The summed E-state index contributed by atoms with van der Waals surface area (Å²) in [6.07, 6.45) is 4.15. The van der Waals surface area contributed by atoms with Crippen molar-refractivity contribution in [3.8, 4) is 0 Å². The fourth-order valence-corrected chi connectivity index (χ4v) is 3.90. The summed E-state index contributed by atoms with van der Waals surface area (Å²) in [5.41, 5.74) is 3.32. The number of amides is 1. The lowest BCUT2D eigenvalue weighted by Gasteiger charge is -2.27. The molecule has 24 heavy (non-hydrogen) atoms. The number of carbonyl (C=O) groups excluding carboxylic acids is 1. The molecule has 0 bridgehead atoms. The molecule has 0 atom stereocenters. The number of fused-ring (bicyclic) bond motifs is 1. The lowest BCUT2D eigenvalue weighted by Crippen LogP contribution is -2.21. The number of hydrogen-bond donors (Lipinski definition) is 1. The van der Waals surface area contributed by atoms with E-state index in [9.17, 15) is 4.79 Å². The van der Waals surface area contributed by atoms with Crippen LogP contribution in [0.4, 0.5) is 11.4 Å². The van der Waals surface area contributed by atoms with Gasteiger partial charge in [-0.25, -0.2) is 0 Å². The van der Waals surface area contributed by atoms with Crippen molar-refractivity contribution in [1.82, 2.24) is 0 Å². The van der Waals surface area contributed by atoms with Gasteiger partial charge in [0.2, 0.25) is 0 Å². The lowest BCUT2D eigenvalue weighted by molar-refractivity contribution is 0.102. The zero-order valence-corrected chi connectivity index (χ0v) is 14.0. The van der Waals surface area contributed by atoms with Gasteiger partial charge in [-0.3, -0.25) is 4.79 Å². The molecule has 4 nitrogen and oxygen atoms in total. The molecule has 1 saturated heterocycles. The summed E-state index contributed by atoms with van der Waals surface area (Å²) >= 11 is 1.86. The molecule has 0 spiro atoms. The molecular formula is C19H18N2O2S. The summed E-state index contributed by atoms with van der Waals surface area (Å²) in [4.78, 5) is 12.4. The number of nitrogens with one attached hydrogen (secondary N) is 1. The first-order chi connectivity index (χ1) is 11.8. The molecule has 2 heterocycles. The molecule has 1 fully saturated rings. The van der Waals surface area contributed by atoms with Crippen LogP contribution in [0.15, 0.2) is 59.2 Å². The second-order valence-corrected chi connectivity index (χ2v) is 6.92. The molecule has 122 valence electrons. The maximum Gasteiger partial charge on any atom is 0.255 e. The molecular weight excluding hydrogens is 320 g/mol. The molecule has 1 aliphatic rings. The Balaban J connectivity index is 1.47. The van der Waals surface area contributed by atoms with Crippen LogP contribution in [-0.4, -0.2) is 18.2 Å². The van der Waals surface area contributed by atoms with Crippen LogP contribution in [0.25, 0.3) is 11.0 Å². The minimum atomic E-state index is -0.112. The number of benzene rings is 2. The number of rotatable bonds is 3. The molecule has 2 aromatic carbocycles. The van der Waals surface area contributed by atoms with Crippen LogP contribution in [-0.2, 0) is 0 Å². The number of furan rings is 1. The minimum absolute atomic E-state index is 0.112. The summed E-state index contributed by atoms with van der Waals surface area (Å²) in [6.45, 7) is 1.07. The van der Waals surface area contributed by atoms with Gasteiger partial charge in [0.1, 0.15) is 5.58 Å². The van der Waals surface area contributed by atoms with Crippen LogP contribution in [0.2, 0.25) is 0 Å². The van der Waals surface area contributed by atoms with Gasteiger partial charge in [0.15, 0.2) is 0 Å². The number of hydrogen-bond acceptors (Lipinski definition) is 4. The van der Waals surface area contributed by atoms with E-state index in [4.69, 9.17) is 4.42 Å². The first-order valence-corrected chi connectivity index (χ1v) is 9.03. The number of nitrogens with zero attached hydrogens (tertiary/aromatic N) is 1. The molecule has 0 aliphatic carbocycles. The van der Waals surface area contributed by atoms with Gasteiger partial charge in [-0.15, -0.1) is 0 Å². The van der Waals surface area contributed by atoms with Gasteiger partial charge >= 0.3 is 0 Å². The third-order valence-electron chi connectivity index (χ3n) is 4.13. The Bertz CT molecular complexity index is 851. The SMILES string of the molecule is O=C(Nc1ccc2ccoc2c1)c1ccc(N2CCCCS2)cc1. The standard InChI is InChI=1S/C19H18N2O2S/c22-19(20-16-6-3-14-9-11-23-18(14)13-16)15-4-7-17(8-5-15)21-10-1-2-12-24-21/h3-9,11,13H,1-2,10,12H2,(H,20,22). The summed E-state index contributed by atoms with van der Waals surface area (Å²) in [5, 5.41) is 3.95. The molecule has 0 saturated carbocycles. The predicted octanol–water partition coefficient (Wildman–Crippen LogP) is 4.93. The summed E-state index contributed by atoms with van der Waals surface area (Å²) in [7, 11) is 0. The van der Waals surface area contributed by atoms with E-state index >= 15 is 0 Å². The summed E-state index contributed by atoms with van der Waals surface area (Å²) in [6, 6.07) is 15.4. The summed E-state index contributed by atoms with van der Waals surface area (Å²) in [5.74, 6) is 1.05. The largest absolute Gasteiger partial charge is 0.464 e. The first-order valence-electron chi connectivity index (χ1n) is 8.09. The lowest BCUT2D eigenvalue weighted by atomic mass is 10.1. The molecule has 1 N–H and O–H groups in total. The summed E-state index contributed by atoms with van der Waals surface area (Å²) < 4.78 is 7.67. The fraction of sp³-hybridized carbons (Fsp3) is 0.211. The van der Waals surface area contributed by atoms with Crippen LogP contribution >= 0.6 is 11.9 Å². The predicted molar refractivity (Wildman–Crippen MR) is 99.6 cm³/mol. The third kappa shape index (κ3) is 3.12. The van der Waals surface area contributed by atoms with Crippen molar-refractivity contribution in [2.24, 2.45) is 0 Å². The van der Waals surface area contributed by atoms with Crippen molar-refractivity contribution >= 4 is 40.2 Å². The number of carbonyl (C=O) groups is 1. The van der Waals surface area contributed by atoms with Gasteiger partial charge in [-0.1, -0.05) is 0 Å². The molecule has 5 heteroatoms. The highest BCUT2D eigenvalue weighted by atomic mass is 32.2. The van der Waals surface area contributed by atoms with Gasteiger partial charge in [0.25, 0.3) is 5.91 Å². The van der Waals surface area contributed by atoms with Gasteiger partial charge in [0, 0.05) is 40.7 Å². The quantitative estimate of drug-likeness (QED) is 0.688. The molecule has 3 aromatic rings. The highest BCUT2D eigenvalue weighted by Crippen LogP contribution is 2.28. The minimum Gasteiger partial charge on any atom is -0.464 e. The van der Waals surface area contributed by atoms with E-state index in [2.05, 4.69) is 9.62 Å². The topological polar surface area (TPSA) is 45.5 Å². The molecule has 1 aliphatic heterocycles. The smallest absolute Gasteiger partial charge is 0.255 e. The Morgan fingerprint density at radius 3 is 2.75 bits per heavy atom. The molecule has 1 aromatic heterocycles. The van der Waals surface area contributed by atoms with Crippen LogP contribution in [0, 0.1) is 0 Å². The van der Waals surface area contributed by atoms with E-state index < -0.39 is 0 Å². The van der Waals surface area contributed by atoms with E-state index in [1.54, 1.807) is 6.26 Å². The Morgan fingerprint density at radius 1 is 1.08 bits per heavy atom. The Labute approximate surface area is 145 Å². The monoisotopic (exact) mass is 338 g/mol. The molecule has 0 unspecified atom stereocenters. The van der Waals surface area contributed by atoms with Gasteiger partial charge in [-0.05, 0) is 67.3 Å². The zero-order valence-electron chi connectivity index (χ0n) is 13.2. The second kappa shape index (κ2) is 6.61. The Hall–Kier alpha value is -2.40.